The molecule has 0 radical (unpaired) electrons. The van der Waals surface area contributed by atoms with Gasteiger partial charge in [-0.1, -0.05) is 61.5 Å². The molecule has 0 aliphatic rings. The van der Waals surface area contributed by atoms with Crippen LogP contribution in [-0.4, -0.2) is 18.4 Å². The molecule has 3 rings (SSSR count). The molecule has 4 heteroatoms. The second kappa shape index (κ2) is 9.51. The Balaban J connectivity index is 1.90. The second-order valence-electron chi connectivity index (χ2n) is 6.55. The molecule has 0 saturated carbocycles. The average Bonchev–Trinajstić information content (AvgIpc) is 2.76. The number of anilines is 1. The fraction of sp³-hybridized carbons (Fsp3) is 0.167. The van der Waals surface area contributed by atoms with Gasteiger partial charge in [0.2, 0.25) is 0 Å². The van der Waals surface area contributed by atoms with E-state index in [-0.39, 0.29) is 11.8 Å². The summed E-state index contributed by atoms with van der Waals surface area (Å²) in [6.07, 6.45) is 0.864. The summed E-state index contributed by atoms with van der Waals surface area (Å²) in [7, 11) is 0. The van der Waals surface area contributed by atoms with E-state index in [9.17, 15) is 9.59 Å². The van der Waals surface area contributed by atoms with Crippen molar-refractivity contribution in [3.63, 3.8) is 0 Å². The number of amides is 2. The topological polar surface area (TPSA) is 49.4 Å². The molecule has 0 unspecified atom stereocenters. The molecule has 0 spiro atoms. The van der Waals surface area contributed by atoms with Gasteiger partial charge in [0.05, 0.1) is 6.54 Å². The van der Waals surface area contributed by atoms with Gasteiger partial charge in [0.1, 0.15) is 0 Å². The SMILES string of the molecule is CCCNC(=O)c1cccc(C(=O)N(Cc2ccccc2)c2ccccc2)c1. The van der Waals surface area contributed by atoms with Crippen molar-refractivity contribution in [2.45, 2.75) is 19.9 Å². The van der Waals surface area contributed by atoms with E-state index in [1.807, 2.05) is 67.6 Å². The lowest BCUT2D eigenvalue weighted by molar-refractivity contribution is 0.0953. The minimum absolute atomic E-state index is 0.139. The number of benzene rings is 3. The Kier molecular flexibility index (Phi) is 6.58. The third-order valence-electron chi connectivity index (χ3n) is 4.40. The lowest BCUT2D eigenvalue weighted by Gasteiger charge is -2.23. The van der Waals surface area contributed by atoms with E-state index in [1.54, 1.807) is 29.2 Å². The molecule has 28 heavy (non-hydrogen) atoms. The van der Waals surface area contributed by atoms with E-state index in [4.69, 9.17) is 0 Å². The number of carbonyl (C=O) groups excluding carboxylic acids is 2. The van der Waals surface area contributed by atoms with Gasteiger partial charge in [-0.05, 0) is 42.3 Å². The maximum atomic E-state index is 13.3. The van der Waals surface area contributed by atoms with Crippen molar-refractivity contribution in [1.29, 1.82) is 0 Å². The van der Waals surface area contributed by atoms with Gasteiger partial charge >= 0.3 is 0 Å². The lowest BCUT2D eigenvalue weighted by Crippen LogP contribution is -2.31. The third-order valence-corrected chi connectivity index (χ3v) is 4.40. The first-order valence-corrected chi connectivity index (χ1v) is 9.48. The molecule has 2 amide bonds. The zero-order valence-corrected chi connectivity index (χ0v) is 16.0. The van der Waals surface area contributed by atoms with Crippen molar-refractivity contribution < 1.29 is 9.59 Å². The van der Waals surface area contributed by atoms with Crippen molar-refractivity contribution in [3.8, 4) is 0 Å². The van der Waals surface area contributed by atoms with E-state index in [0.717, 1.165) is 17.7 Å². The minimum atomic E-state index is -0.161. The van der Waals surface area contributed by atoms with Crippen LogP contribution >= 0.6 is 0 Å². The number of nitrogens with zero attached hydrogens (tertiary/aromatic N) is 1. The molecule has 142 valence electrons. The summed E-state index contributed by atoms with van der Waals surface area (Å²) in [4.78, 5) is 27.3. The van der Waals surface area contributed by atoms with Crippen LogP contribution in [0.3, 0.4) is 0 Å². The Morgan fingerprint density at radius 3 is 2.14 bits per heavy atom. The number of nitrogens with one attached hydrogen (secondary N) is 1. The van der Waals surface area contributed by atoms with E-state index >= 15 is 0 Å². The maximum absolute atomic E-state index is 13.3. The summed E-state index contributed by atoms with van der Waals surface area (Å²) < 4.78 is 0. The quantitative estimate of drug-likeness (QED) is 0.655. The Bertz CT molecular complexity index is 924. The van der Waals surface area contributed by atoms with Crippen LogP contribution in [0.25, 0.3) is 0 Å². The molecular formula is C24H24N2O2. The first kappa shape index (κ1) is 19.4. The molecule has 0 aliphatic carbocycles. The summed E-state index contributed by atoms with van der Waals surface area (Å²) in [5.41, 5.74) is 2.84. The molecule has 3 aromatic carbocycles. The molecule has 3 aromatic rings. The van der Waals surface area contributed by atoms with Crippen molar-refractivity contribution in [2.24, 2.45) is 0 Å². The summed E-state index contributed by atoms with van der Waals surface area (Å²) in [5.74, 6) is -0.300. The first-order chi connectivity index (χ1) is 13.7. The molecule has 0 aromatic heterocycles. The summed E-state index contributed by atoms with van der Waals surface area (Å²) in [6, 6.07) is 26.3. The monoisotopic (exact) mass is 372 g/mol. The predicted molar refractivity (Wildman–Crippen MR) is 112 cm³/mol. The standard InChI is InChI=1S/C24H24N2O2/c1-2-16-25-23(27)20-12-9-13-21(17-20)24(28)26(22-14-7-4-8-15-22)18-19-10-5-3-6-11-19/h3-15,17H,2,16,18H2,1H3,(H,25,27). The number of rotatable bonds is 7. The zero-order valence-electron chi connectivity index (χ0n) is 16.0. The van der Waals surface area contributed by atoms with Gasteiger partial charge in [0.25, 0.3) is 11.8 Å². The number of carbonyl (C=O) groups is 2. The van der Waals surface area contributed by atoms with Gasteiger partial charge < -0.3 is 10.2 Å². The normalized spacial score (nSPS) is 10.3. The van der Waals surface area contributed by atoms with Gasteiger partial charge in [-0.25, -0.2) is 0 Å². The molecule has 0 fully saturated rings. The van der Waals surface area contributed by atoms with Crippen LogP contribution in [0.5, 0.6) is 0 Å². The van der Waals surface area contributed by atoms with E-state index < -0.39 is 0 Å². The summed E-state index contributed by atoms with van der Waals surface area (Å²) in [6.45, 7) is 3.07. The van der Waals surface area contributed by atoms with Crippen LogP contribution in [-0.2, 0) is 6.54 Å². The average molecular weight is 372 g/mol. The fourth-order valence-electron chi connectivity index (χ4n) is 2.94. The minimum Gasteiger partial charge on any atom is -0.352 e. The highest BCUT2D eigenvalue weighted by Gasteiger charge is 2.19. The van der Waals surface area contributed by atoms with Crippen LogP contribution in [0.1, 0.15) is 39.6 Å². The second-order valence-corrected chi connectivity index (χ2v) is 6.55. The summed E-state index contributed by atoms with van der Waals surface area (Å²) in [5, 5.41) is 2.85. The van der Waals surface area contributed by atoms with Crippen LogP contribution in [0.15, 0.2) is 84.9 Å². The van der Waals surface area contributed by atoms with Crippen molar-refractivity contribution in [1.82, 2.24) is 5.32 Å². The molecule has 4 nitrogen and oxygen atoms in total. The van der Waals surface area contributed by atoms with Crippen molar-refractivity contribution >= 4 is 17.5 Å². The molecular weight excluding hydrogens is 348 g/mol. The smallest absolute Gasteiger partial charge is 0.258 e. The Labute approximate surface area is 165 Å². The molecule has 0 aliphatic heterocycles. The summed E-state index contributed by atoms with van der Waals surface area (Å²) >= 11 is 0. The predicted octanol–water partition coefficient (Wildman–Crippen LogP) is 4.67. The number of hydrogen-bond acceptors (Lipinski definition) is 2. The molecule has 0 bridgehead atoms. The van der Waals surface area contributed by atoms with Crippen molar-refractivity contribution in [2.75, 3.05) is 11.4 Å². The number of para-hydroxylation sites is 1. The number of hydrogen-bond donors (Lipinski definition) is 1. The van der Waals surface area contributed by atoms with Crippen LogP contribution < -0.4 is 10.2 Å². The van der Waals surface area contributed by atoms with Crippen LogP contribution in [0.2, 0.25) is 0 Å². The van der Waals surface area contributed by atoms with Gasteiger partial charge in [0, 0.05) is 23.4 Å². The largest absolute Gasteiger partial charge is 0.352 e. The highest BCUT2D eigenvalue weighted by atomic mass is 16.2. The maximum Gasteiger partial charge on any atom is 0.258 e. The third kappa shape index (κ3) is 4.86. The van der Waals surface area contributed by atoms with Gasteiger partial charge in [-0.2, -0.15) is 0 Å². The van der Waals surface area contributed by atoms with Crippen LogP contribution in [0.4, 0.5) is 5.69 Å². The van der Waals surface area contributed by atoms with Gasteiger partial charge in [-0.15, -0.1) is 0 Å². The highest BCUT2D eigenvalue weighted by Crippen LogP contribution is 2.20. The molecule has 0 saturated heterocycles. The zero-order chi connectivity index (χ0) is 19.8. The molecule has 1 N–H and O–H groups in total. The first-order valence-electron chi connectivity index (χ1n) is 9.48. The van der Waals surface area contributed by atoms with Crippen LogP contribution in [0, 0.1) is 0 Å². The van der Waals surface area contributed by atoms with E-state index in [2.05, 4.69) is 5.32 Å². The van der Waals surface area contributed by atoms with E-state index in [1.165, 1.54) is 0 Å². The fourth-order valence-corrected chi connectivity index (χ4v) is 2.94. The van der Waals surface area contributed by atoms with E-state index in [0.29, 0.717) is 24.2 Å². The molecule has 0 atom stereocenters. The van der Waals surface area contributed by atoms with Gasteiger partial charge in [-0.3, -0.25) is 9.59 Å². The Hall–Kier alpha value is -3.40. The highest BCUT2D eigenvalue weighted by molar-refractivity contribution is 6.07. The lowest BCUT2D eigenvalue weighted by atomic mass is 10.1. The Morgan fingerprint density at radius 1 is 0.821 bits per heavy atom. The molecule has 0 heterocycles. The van der Waals surface area contributed by atoms with Gasteiger partial charge in [0.15, 0.2) is 0 Å². The Morgan fingerprint density at radius 2 is 1.46 bits per heavy atom. The van der Waals surface area contributed by atoms with Crippen molar-refractivity contribution in [3.05, 3.63) is 102 Å².